The van der Waals surface area contributed by atoms with Crippen LogP contribution in [-0.2, 0) is 14.4 Å². The summed E-state index contributed by atoms with van der Waals surface area (Å²) in [4.78, 5) is 37.4. The maximum atomic E-state index is 12.5. The third kappa shape index (κ3) is 3.25. The van der Waals surface area contributed by atoms with Crippen molar-refractivity contribution in [2.24, 2.45) is 23.7 Å². The summed E-state index contributed by atoms with van der Waals surface area (Å²) in [5, 5.41) is 12.1. The minimum atomic E-state index is -0.875. The number of nitrogens with zero attached hydrogens (tertiary/aromatic N) is 1. The van der Waals surface area contributed by atoms with Gasteiger partial charge in [0.25, 0.3) is 0 Å². The van der Waals surface area contributed by atoms with E-state index < -0.39 is 11.9 Å². The second-order valence-electron chi connectivity index (χ2n) is 6.94. The van der Waals surface area contributed by atoms with Gasteiger partial charge in [0.1, 0.15) is 0 Å². The molecule has 6 heteroatoms. The van der Waals surface area contributed by atoms with Gasteiger partial charge in [0.2, 0.25) is 11.8 Å². The van der Waals surface area contributed by atoms with Crippen LogP contribution in [0.1, 0.15) is 38.5 Å². The zero-order valence-corrected chi connectivity index (χ0v) is 12.8. The van der Waals surface area contributed by atoms with Gasteiger partial charge in [0.15, 0.2) is 0 Å². The van der Waals surface area contributed by atoms with Crippen molar-refractivity contribution in [3.63, 3.8) is 0 Å². The molecule has 0 aromatic rings. The summed E-state index contributed by atoms with van der Waals surface area (Å²) in [7, 11) is 0. The fraction of sp³-hybridized carbons (Fsp3) is 0.812. The predicted molar refractivity (Wildman–Crippen MR) is 78.9 cm³/mol. The van der Waals surface area contributed by atoms with Crippen LogP contribution in [-0.4, -0.2) is 47.4 Å². The van der Waals surface area contributed by atoms with Gasteiger partial charge in [0.05, 0.1) is 17.8 Å². The lowest BCUT2D eigenvalue weighted by atomic mass is 9.72. The van der Waals surface area contributed by atoms with Crippen LogP contribution in [0.2, 0.25) is 0 Å². The molecule has 22 heavy (non-hydrogen) atoms. The number of rotatable bonds is 5. The van der Waals surface area contributed by atoms with Crippen molar-refractivity contribution >= 4 is 17.8 Å². The lowest BCUT2D eigenvalue weighted by Crippen LogP contribution is -2.51. The lowest BCUT2D eigenvalue weighted by Gasteiger charge is -2.39. The molecular formula is C16H24N2O4. The van der Waals surface area contributed by atoms with Gasteiger partial charge in [-0.05, 0) is 44.4 Å². The molecule has 6 nitrogen and oxygen atoms in total. The quantitative estimate of drug-likeness (QED) is 0.789. The minimum Gasteiger partial charge on any atom is -0.481 e. The SMILES string of the molecule is O=C(NCC1CC1)C1CCCN(C(=O)C2CCC2C(=O)O)C1. The van der Waals surface area contributed by atoms with Crippen LogP contribution in [0, 0.1) is 23.7 Å². The normalized spacial score (nSPS) is 31.3. The maximum absolute atomic E-state index is 12.5. The maximum Gasteiger partial charge on any atom is 0.307 e. The molecule has 122 valence electrons. The van der Waals surface area contributed by atoms with E-state index in [0.29, 0.717) is 31.8 Å². The van der Waals surface area contributed by atoms with Crippen molar-refractivity contribution in [3.8, 4) is 0 Å². The molecule has 2 N–H and O–H groups in total. The van der Waals surface area contributed by atoms with Crippen LogP contribution in [0.15, 0.2) is 0 Å². The molecule has 2 saturated carbocycles. The van der Waals surface area contributed by atoms with E-state index >= 15 is 0 Å². The highest BCUT2D eigenvalue weighted by Crippen LogP contribution is 2.36. The number of carboxylic acids is 1. The van der Waals surface area contributed by atoms with E-state index in [9.17, 15) is 14.4 Å². The molecule has 0 radical (unpaired) electrons. The van der Waals surface area contributed by atoms with E-state index in [0.717, 1.165) is 19.4 Å². The molecule has 3 unspecified atom stereocenters. The van der Waals surface area contributed by atoms with Crippen molar-refractivity contribution in [2.45, 2.75) is 38.5 Å². The van der Waals surface area contributed by atoms with E-state index in [1.165, 1.54) is 12.8 Å². The van der Waals surface area contributed by atoms with Crippen LogP contribution in [0.4, 0.5) is 0 Å². The Morgan fingerprint density at radius 2 is 1.77 bits per heavy atom. The number of nitrogens with one attached hydrogen (secondary N) is 1. The summed E-state index contributed by atoms with van der Waals surface area (Å²) in [5.74, 6) is -1.30. The van der Waals surface area contributed by atoms with Gasteiger partial charge in [-0.2, -0.15) is 0 Å². The standard InChI is InChI=1S/C16H24N2O4/c19-14(17-8-10-3-4-10)11-2-1-7-18(9-11)15(20)12-5-6-13(12)16(21)22/h10-13H,1-9H2,(H,17,19)(H,21,22). The number of carbonyl (C=O) groups excluding carboxylic acids is 2. The third-order valence-corrected chi connectivity index (χ3v) is 5.27. The van der Waals surface area contributed by atoms with E-state index in [4.69, 9.17) is 5.11 Å². The second-order valence-corrected chi connectivity index (χ2v) is 6.94. The smallest absolute Gasteiger partial charge is 0.307 e. The second kappa shape index (κ2) is 6.26. The van der Waals surface area contributed by atoms with Crippen molar-refractivity contribution < 1.29 is 19.5 Å². The largest absolute Gasteiger partial charge is 0.481 e. The summed E-state index contributed by atoms with van der Waals surface area (Å²) >= 11 is 0. The molecule has 3 fully saturated rings. The van der Waals surface area contributed by atoms with E-state index in [-0.39, 0.29) is 23.7 Å². The first-order chi connectivity index (χ1) is 10.6. The highest BCUT2D eigenvalue weighted by atomic mass is 16.4. The Labute approximate surface area is 130 Å². The Bertz CT molecular complexity index is 475. The monoisotopic (exact) mass is 308 g/mol. The molecule has 3 rings (SSSR count). The summed E-state index contributed by atoms with van der Waals surface area (Å²) < 4.78 is 0. The summed E-state index contributed by atoms with van der Waals surface area (Å²) in [6, 6.07) is 0. The van der Waals surface area contributed by atoms with Gasteiger partial charge in [-0.15, -0.1) is 0 Å². The molecule has 0 spiro atoms. The number of hydrogen-bond acceptors (Lipinski definition) is 3. The highest BCUT2D eigenvalue weighted by molar-refractivity contribution is 5.87. The Morgan fingerprint density at radius 1 is 1.05 bits per heavy atom. The third-order valence-electron chi connectivity index (χ3n) is 5.27. The highest BCUT2D eigenvalue weighted by Gasteiger charge is 2.44. The van der Waals surface area contributed by atoms with Crippen LogP contribution in [0.25, 0.3) is 0 Å². The molecule has 1 heterocycles. The molecule has 0 aromatic carbocycles. The number of carbonyl (C=O) groups is 3. The Kier molecular flexibility index (Phi) is 4.36. The molecular weight excluding hydrogens is 284 g/mol. The average molecular weight is 308 g/mol. The zero-order valence-electron chi connectivity index (χ0n) is 12.8. The summed E-state index contributed by atoms with van der Waals surface area (Å²) in [6.45, 7) is 1.85. The zero-order chi connectivity index (χ0) is 15.7. The Hall–Kier alpha value is -1.59. The first-order valence-corrected chi connectivity index (χ1v) is 8.35. The molecule has 0 bridgehead atoms. The van der Waals surface area contributed by atoms with Gasteiger partial charge < -0.3 is 15.3 Å². The number of aliphatic carboxylic acids is 1. The average Bonchev–Trinajstić information content (AvgIpc) is 3.27. The number of carboxylic acid groups (broad SMARTS) is 1. The van der Waals surface area contributed by atoms with Gasteiger partial charge in [-0.3, -0.25) is 14.4 Å². The molecule has 0 aromatic heterocycles. The van der Waals surface area contributed by atoms with Crippen LogP contribution < -0.4 is 5.32 Å². The van der Waals surface area contributed by atoms with Crippen molar-refractivity contribution in [1.82, 2.24) is 10.2 Å². The number of amides is 2. The molecule has 2 amide bonds. The molecule has 3 aliphatic rings. The van der Waals surface area contributed by atoms with Gasteiger partial charge in [-0.1, -0.05) is 0 Å². The van der Waals surface area contributed by atoms with Crippen molar-refractivity contribution in [2.75, 3.05) is 19.6 Å². The predicted octanol–water partition coefficient (Wildman–Crippen LogP) is 0.862. The van der Waals surface area contributed by atoms with Crippen LogP contribution in [0.5, 0.6) is 0 Å². The molecule has 1 aliphatic heterocycles. The van der Waals surface area contributed by atoms with Gasteiger partial charge in [0, 0.05) is 19.6 Å². The molecule has 1 saturated heterocycles. The van der Waals surface area contributed by atoms with Crippen LogP contribution >= 0.6 is 0 Å². The number of piperidine rings is 1. The fourth-order valence-corrected chi connectivity index (χ4v) is 3.43. The van der Waals surface area contributed by atoms with E-state index in [1.807, 2.05) is 0 Å². The molecule has 2 aliphatic carbocycles. The summed E-state index contributed by atoms with van der Waals surface area (Å²) in [6.07, 6.45) is 5.28. The topological polar surface area (TPSA) is 86.7 Å². The van der Waals surface area contributed by atoms with Gasteiger partial charge in [-0.25, -0.2) is 0 Å². The van der Waals surface area contributed by atoms with Crippen molar-refractivity contribution in [3.05, 3.63) is 0 Å². The number of hydrogen-bond donors (Lipinski definition) is 2. The molecule has 3 atom stereocenters. The summed E-state index contributed by atoms with van der Waals surface area (Å²) in [5.41, 5.74) is 0. The first kappa shape index (κ1) is 15.3. The van der Waals surface area contributed by atoms with E-state index in [2.05, 4.69) is 5.32 Å². The van der Waals surface area contributed by atoms with E-state index in [1.54, 1.807) is 4.90 Å². The fourth-order valence-electron chi connectivity index (χ4n) is 3.43. The lowest BCUT2D eigenvalue weighted by molar-refractivity contribution is -0.157. The number of likely N-dealkylation sites (tertiary alicyclic amines) is 1. The van der Waals surface area contributed by atoms with Crippen molar-refractivity contribution in [1.29, 1.82) is 0 Å². The van der Waals surface area contributed by atoms with Crippen LogP contribution in [0.3, 0.4) is 0 Å². The first-order valence-electron chi connectivity index (χ1n) is 8.35. The minimum absolute atomic E-state index is 0.0489. The Morgan fingerprint density at radius 3 is 2.36 bits per heavy atom. The Balaban J connectivity index is 1.52. The van der Waals surface area contributed by atoms with Gasteiger partial charge >= 0.3 is 5.97 Å².